The van der Waals surface area contributed by atoms with E-state index >= 15 is 0 Å². The second kappa shape index (κ2) is 14.7. The number of hydrogen-bond acceptors (Lipinski definition) is 5. The first-order valence-corrected chi connectivity index (χ1v) is 6.24. The Morgan fingerprint density at radius 2 is 0.864 bits per heavy atom. The predicted molar refractivity (Wildman–Crippen MR) is 75.5 cm³/mol. The number of carbonyl (C=O) groups is 4. The standard InChI is InChI=1S/C5H11N.2C4H4O4/c1-2-4-6-5-3-1;2*5-3(6)1-2-4(7)8/h6H,1-5H2;2*1-2H,(H,5,6)(H,7,8)/b;2*2-1-. The Morgan fingerprint density at radius 3 is 0.955 bits per heavy atom. The smallest absolute Gasteiger partial charge is 0.328 e. The largest absolute Gasteiger partial charge is 0.478 e. The number of carboxylic acid groups (broad SMARTS) is 4. The third-order valence-electron chi connectivity index (χ3n) is 1.94. The van der Waals surface area contributed by atoms with Crippen LogP contribution in [-0.4, -0.2) is 57.4 Å². The van der Waals surface area contributed by atoms with E-state index in [0.717, 1.165) is 0 Å². The van der Waals surface area contributed by atoms with E-state index in [2.05, 4.69) is 5.32 Å². The van der Waals surface area contributed by atoms with Gasteiger partial charge in [-0.25, -0.2) is 19.2 Å². The maximum Gasteiger partial charge on any atom is 0.328 e. The molecule has 0 spiro atoms. The fourth-order valence-electron chi connectivity index (χ4n) is 1.09. The highest BCUT2D eigenvalue weighted by Crippen LogP contribution is 1.96. The van der Waals surface area contributed by atoms with Gasteiger partial charge in [0, 0.05) is 24.3 Å². The maximum absolute atomic E-state index is 9.55. The van der Waals surface area contributed by atoms with Crippen LogP contribution >= 0.6 is 0 Å². The van der Waals surface area contributed by atoms with Crippen molar-refractivity contribution in [2.75, 3.05) is 13.1 Å². The van der Waals surface area contributed by atoms with Gasteiger partial charge in [-0.05, 0) is 25.9 Å². The lowest BCUT2D eigenvalue weighted by molar-refractivity contribution is -0.134. The first-order valence-electron chi connectivity index (χ1n) is 6.24. The topological polar surface area (TPSA) is 161 Å². The Labute approximate surface area is 126 Å². The zero-order valence-electron chi connectivity index (χ0n) is 11.8. The summed E-state index contributed by atoms with van der Waals surface area (Å²) in [6, 6.07) is 0. The fraction of sp³-hybridized carbons (Fsp3) is 0.385. The van der Waals surface area contributed by atoms with Crippen molar-refractivity contribution in [3.63, 3.8) is 0 Å². The second-order valence-electron chi connectivity index (χ2n) is 3.83. The molecule has 1 heterocycles. The molecule has 0 radical (unpaired) electrons. The number of rotatable bonds is 4. The molecule has 0 bridgehead atoms. The molecule has 9 heteroatoms. The summed E-state index contributed by atoms with van der Waals surface area (Å²) in [5.41, 5.74) is 0. The molecule has 9 nitrogen and oxygen atoms in total. The number of piperidine rings is 1. The first-order chi connectivity index (χ1) is 10.3. The van der Waals surface area contributed by atoms with E-state index in [0.29, 0.717) is 24.3 Å². The molecule has 0 saturated carbocycles. The zero-order valence-corrected chi connectivity index (χ0v) is 11.8. The third kappa shape index (κ3) is 26.0. The average Bonchev–Trinajstić information content (AvgIpc) is 2.46. The SMILES string of the molecule is C1CCNCC1.O=C(O)/C=C\C(=O)O.O=C(O)/C=C\C(=O)O. The average molecular weight is 317 g/mol. The molecule has 124 valence electrons. The Bertz CT molecular complexity index is 346. The van der Waals surface area contributed by atoms with E-state index in [4.69, 9.17) is 20.4 Å². The molecule has 22 heavy (non-hydrogen) atoms. The molecule has 0 unspecified atom stereocenters. The van der Waals surface area contributed by atoms with Crippen molar-refractivity contribution in [1.82, 2.24) is 5.32 Å². The van der Waals surface area contributed by atoms with E-state index in [1.54, 1.807) is 0 Å². The van der Waals surface area contributed by atoms with Crippen LogP contribution in [0.2, 0.25) is 0 Å². The minimum absolute atomic E-state index is 0.558. The highest BCUT2D eigenvalue weighted by atomic mass is 16.4. The van der Waals surface area contributed by atoms with Crippen molar-refractivity contribution in [3.8, 4) is 0 Å². The molecule has 0 atom stereocenters. The first kappa shape index (κ1) is 21.6. The molecule has 0 aromatic rings. The van der Waals surface area contributed by atoms with Gasteiger partial charge in [0.2, 0.25) is 0 Å². The van der Waals surface area contributed by atoms with Gasteiger partial charge in [-0.1, -0.05) is 6.42 Å². The molecule has 1 rings (SSSR count). The summed E-state index contributed by atoms with van der Waals surface area (Å²) >= 11 is 0. The van der Waals surface area contributed by atoms with Crippen LogP contribution < -0.4 is 5.32 Å². The maximum atomic E-state index is 9.55. The van der Waals surface area contributed by atoms with Gasteiger partial charge in [0.15, 0.2) is 0 Å². The zero-order chi connectivity index (χ0) is 17.4. The lowest BCUT2D eigenvalue weighted by Gasteiger charge is -2.08. The summed E-state index contributed by atoms with van der Waals surface area (Å²) in [5, 5.41) is 34.5. The summed E-state index contributed by atoms with van der Waals surface area (Å²) < 4.78 is 0. The minimum Gasteiger partial charge on any atom is -0.478 e. The summed E-state index contributed by atoms with van der Waals surface area (Å²) in [6.07, 6.45) is 6.45. The van der Waals surface area contributed by atoms with Crippen LogP contribution in [0.25, 0.3) is 0 Å². The molecule has 0 aliphatic carbocycles. The summed E-state index contributed by atoms with van der Waals surface area (Å²) in [5.74, 6) is -5.03. The molecule has 1 aliphatic heterocycles. The van der Waals surface area contributed by atoms with Gasteiger partial charge in [-0.15, -0.1) is 0 Å². The van der Waals surface area contributed by atoms with E-state index < -0.39 is 23.9 Å². The van der Waals surface area contributed by atoms with Gasteiger partial charge in [-0.3, -0.25) is 0 Å². The van der Waals surface area contributed by atoms with Crippen LogP contribution in [0.5, 0.6) is 0 Å². The van der Waals surface area contributed by atoms with E-state index in [9.17, 15) is 19.2 Å². The van der Waals surface area contributed by atoms with Crippen molar-refractivity contribution in [3.05, 3.63) is 24.3 Å². The monoisotopic (exact) mass is 317 g/mol. The molecular weight excluding hydrogens is 298 g/mol. The fourth-order valence-corrected chi connectivity index (χ4v) is 1.09. The number of carboxylic acids is 4. The van der Waals surface area contributed by atoms with Crippen molar-refractivity contribution < 1.29 is 39.6 Å². The minimum atomic E-state index is -1.26. The molecular formula is C13H19NO8. The van der Waals surface area contributed by atoms with Crippen molar-refractivity contribution in [2.45, 2.75) is 19.3 Å². The van der Waals surface area contributed by atoms with Gasteiger partial charge in [-0.2, -0.15) is 0 Å². The Kier molecular flexibility index (Phi) is 14.5. The van der Waals surface area contributed by atoms with E-state index in [-0.39, 0.29) is 0 Å². The van der Waals surface area contributed by atoms with Gasteiger partial charge < -0.3 is 25.7 Å². The van der Waals surface area contributed by atoms with Crippen LogP contribution in [-0.2, 0) is 19.2 Å². The highest BCUT2D eigenvalue weighted by molar-refractivity contribution is 5.90. The summed E-state index contributed by atoms with van der Waals surface area (Å²) in [7, 11) is 0. The predicted octanol–water partition coefficient (Wildman–Crippen LogP) is 0.184. The number of hydrogen-bond donors (Lipinski definition) is 5. The van der Waals surface area contributed by atoms with Gasteiger partial charge >= 0.3 is 23.9 Å². The van der Waals surface area contributed by atoms with Crippen molar-refractivity contribution in [1.29, 1.82) is 0 Å². The van der Waals surface area contributed by atoms with Gasteiger partial charge in [0.1, 0.15) is 0 Å². The molecule has 1 saturated heterocycles. The molecule has 1 aliphatic rings. The highest BCUT2D eigenvalue weighted by Gasteiger charge is 1.93. The van der Waals surface area contributed by atoms with Crippen LogP contribution in [0, 0.1) is 0 Å². The normalized spacial score (nSPS) is 13.5. The van der Waals surface area contributed by atoms with Crippen LogP contribution in [0.1, 0.15) is 19.3 Å². The van der Waals surface area contributed by atoms with E-state index in [1.165, 1.54) is 32.4 Å². The molecule has 5 N–H and O–H groups in total. The number of aliphatic carboxylic acids is 4. The molecule has 0 amide bonds. The van der Waals surface area contributed by atoms with E-state index in [1.807, 2.05) is 0 Å². The molecule has 0 aromatic carbocycles. The lowest BCUT2D eigenvalue weighted by Crippen LogP contribution is -2.21. The molecule has 0 aromatic heterocycles. The second-order valence-corrected chi connectivity index (χ2v) is 3.83. The van der Waals surface area contributed by atoms with Crippen LogP contribution in [0.4, 0.5) is 0 Å². The number of nitrogens with one attached hydrogen (secondary N) is 1. The third-order valence-corrected chi connectivity index (χ3v) is 1.94. The molecule has 1 fully saturated rings. The van der Waals surface area contributed by atoms with Crippen molar-refractivity contribution in [2.24, 2.45) is 0 Å². The quantitative estimate of drug-likeness (QED) is 0.455. The van der Waals surface area contributed by atoms with Crippen molar-refractivity contribution >= 4 is 23.9 Å². The van der Waals surface area contributed by atoms with Crippen LogP contribution in [0.3, 0.4) is 0 Å². The van der Waals surface area contributed by atoms with Gasteiger partial charge in [0.05, 0.1) is 0 Å². The summed E-state index contributed by atoms with van der Waals surface area (Å²) in [6.45, 7) is 2.50. The Hall–Kier alpha value is -2.68. The van der Waals surface area contributed by atoms with Crippen LogP contribution in [0.15, 0.2) is 24.3 Å². The lowest BCUT2D eigenvalue weighted by atomic mass is 10.2. The Balaban J connectivity index is 0. The Morgan fingerprint density at radius 1 is 0.591 bits per heavy atom. The summed E-state index contributed by atoms with van der Waals surface area (Å²) in [4.78, 5) is 38.2. The van der Waals surface area contributed by atoms with Gasteiger partial charge in [0.25, 0.3) is 0 Å².